The van der Waals surface area contributed by atoms with Crippen molar-refractivity contribution >= 4 is 11.2 Å². The van der Waals surface area contributed by atoms with Crippen molar-refractivity contribution < 1.29 is 0 Å². The van der Waals surface area contributed by atoms with Gasteiger partial charge in [0.1, 0.15) is 0 Å². The first-order valence-corrected chi connectivity index (χ1v) is 4.11. The van der Waals surface area contributed by atoms with Gasteiger partial charge in [0.05, 0.1) is 6.33 Å². The van der Waals surface area contributed by atoms with Crippen molar-refractivity contribution in [3.8, 4) is 0 Å². The van der Waals surface area contributed by atoms with Crippen molar-refractivity contribution in [3.63, 3.8) is 0 Å². The predicted octanol–water partition coefficient (Wildman–Crippen LogP) is -1.03. The van der Waals surface area contributed by atoms with Crippen LogP contribution in [0.5, 0.6) is 0 Å². The van der Waals surface area contributed by atoms with Crippen molar-refractivity contribution in [2.75, 3.05) is 0 Å². The van der Waals surface area contributed by atoms with Gasteiger partial charge in [0.25, 0.3) is 5.56 Å². The molecule has 6 nitrogen and oxygen atoms in total. The van der Waals surface area contributed by atoms with Crippen LogP contribution in [0.2, 0.25) is 0 Å². The van der Waals surface area contributed by atoms with Crippen molar-refractivity contribution in [2.45, 2.75) is 0 Å². The Morgan fingerprint density at radius 2 is 1.79 bits per heavy atom. The molecule has 0 aromatic carbocycles. The van der Waals surface area contributed by atoms with E-state index in [4.69, 9.17) is 0 Å². The van der Waals surface area contributed by atoms with Crippen LogP contribution in [0.4, 0.5) is 0 Å². The van der Waals surface area contributed by atoms with Crippen molar-refractivity contribution in [1.29, 1.82) is 0 Å². The van der Waals surface area contributed by atoms with Crippen LogP contribution in [0, 0.1) is 0 Å². The summed E-state index contributed by atoms with van der Waals surface area (Å²) in [5.74, 6) is 0. The van der Waals surface area contributed by atoms with Crippen LogP contribution in [0.3, 0.4) is 0 Å². The summed E-state index contributed by atoms with van der Waals surface area (Å²) in [7, 11) is 4.77. The molecule has 0 spiro atoms. The van der Waals surface area contributed by atoms with Crippen LogP contribution in [0.1, 0.15) is 0 Å². The van der Waals surface area contributed by atoms with Gasteiger partial charge >= 0.3 is 5.69 Å². The number of aromatic nitrogens is 4. The first-order chi connectivity index (χ1) is 6.54. The lowest BCUT2D eigenvalue weighted by Crippen LogP contribution is -2.37. The molecule has 2 aromatic heterocycles. The maximum Gasteiger partial charge on any atom is 0.332 e. The second-order valence-electron chi connectivity index (χ2n) is 3.23. The van der Waals surface area contributed by atoms with E-state index in [1.807, 2.05) is 0 Å². The number of fused-ring (bicyclic) bond motifs is 1. The summed E-state index contributed by atoms with van der Waals surface area (Å²) in [5.41, 5.74) is 0.180. The molecule has 74 valence electrons. The van der Waals surface area contributed by atoms with Crippen LogP contribution in [0.15, 0.2) is 15.9 Å². The third kappa shape index (κ3) is 0.876. The molecule has 0 bridgehead atoms. The normalized spacial score (nSPS) is 11.1. The number of nitrogens with zero attached hydrogens (tertiary/aromatic N) is 4. The van der Waals surface area contributed by atoms with Crippen LogP contribution >= 0.6 is 0 Å². The van der Waals surface area contributed by atoms with Gasteiger partial charge in [-0.15, -0.1) is 0 Å². The lowest BCUT2D eigenvalue weighted by Gasteiger charge is -2.02. The molecule has 0 amide bonds. The third-order valence-corrected chi connectivity index (χ3v) is 2.32. The van der Waals surface area contributed by atoms with E-state index in [2.05, 4.69) is 4.98 Å². The Balaban J connectivity index is 3.22. The molecule has 0 saturated heterocycles. The predicted molar refractivity (Wildman–Crippen MR) is 51.2 cm³/mol. The topological polar surface area (TPSA) is 61.8 Å². The molecule has 0 aliphatic rings. The summed E-state index contributed by atoms with van der Waals surface area (Å²) in [6, 6.07) is 0. The monoisotopic (exact) mass is 196 g/mol. The molecule has 2 aromatic rings. The van der Waals surface area contributed by atoms with Gasteiger partial charge in [-0.3, -0.25) is 13.9 Å². The first-order valence-electron chi connectivity index (χ1n) is 4.11. The van der Waals surface area contributed by atoms with E-state index in [-0.39, 0.29) is 11.2 Å². The lowest BCUT2D eigenvalue weighted by atomic mass is 10.5. The van der Waals surface area contributed by atoms with Gasteiger partial charge in [-0.2, -0.15) is 0 Å². The minimum absolute atomic E-state index is 0.317. The van der Waals surface area contributed by atoms with Gasteiger partial charge in [-0.05, 0) is 0 Å². The van der Waals surface area contributed by atoms with E-state index < -0.39 is 0 Å². The summed E-state index contributed by atoms with van der Waals surface area (Å²) in [5, 5.41) is 0. The lowest BCUT2D eigenvalue weighted by molar-refractivity contribution is 0.705. The van der Waals surface area contributed by atoms with E-state index in [9.17, 15) is 9.59 Å². The Morgan fingerprint density at radius 1 is 1.14 bits per heavy atom. The largest absolute Gasteiger partial charge is 0.332 e. The molecule has 2 heterocycles. The Morgan fingerprint density at radius 3 is 2.43 bits per heavy atom. The van der Waals surface area contributed by atoms with Crippen molar-refractivity contribution in [3.05, 3.63) is 27.2 Å². The summed E-state index contributed by atoms with van der Waals surface area (Å²) >= 11 is 0. The maximum atomic E-state index is 11.7. The summed E-state index contributed by atoms with van der Waals surface area (Å²) in [6.07, 6.45) is 1.52. The molecule has 2 rings (SSSR count). The molecular formula is C8H10N4O2. The SMILES string of the molecule is Cn1c(=O)c2c(nc[15n]2C)[15n](C)c1=O. The number of imidazole rings is 1. The second kappa shape index (κ2) is 2.57. The summed E-state index contributed by atoms with van der Waals surface area (Å²) < 4.78 is 4.04. The minimum atomic E-state index is -0.360. The fourth-order valence-electron chi connectivity index (χ4n) is 1.47. The third-order valence-electron chi connectivity index (χ3n) is 2.32. The Labute approximate surface area is 79.0 Å². The molecule has 0 saturated carbocycles. The van der Waals surface area contributed by atoms with Gasteiger partial charge in [0.15, 0.2) is 11.2 Å². The molecule has 6 heteroatoms. The van der Waals surface area contributed by atoms with Crippen LogP contribution in [-0.2, 0) is 21.1 Å². The second-order valence-corrected chi connectivity index (χ2v) is 3.23. The summed E-state index contributed by atoms with van der Waals surface area (Å²) in [4.78, 5) is 27.2. The van der Waals surface area contributed by atoms with Gasteiger partial charge in [-0.1, -0.05) is 0 Å². The molecule has 0 atom stereocenters. The zero-order chi connectivity index (χ0) is 10.5. The highest BCUT2D eigenvalue weighted by Gasteiger charge is 2.11. The van der Waals surface area contributed by atoms with Gasteiger partial charge in [-0.25, -0.2) is 9.78 Å². The molecular weight excluding hydrogens is 186 g/mol. The zero-order valence-corrected chi connectivity index (χ0v) is 8.18. The van der Waals surface area contributed by atoms with Crippen molar-refractivity contribution in [1.82, 2.24) is 18.7 Å². The number of hydrogen-bond donors (Lipinski definition) is 0. The highest BCUT2D eigenvalue weighted by atomic mass is 16.2. The Bertz CT molecular complexity index is 617. The van der Waals surface area contributed by atoms with E-state index in [1.165, 1.54) is 17.9 Å². The van der Waals surface area contributed by atoms with E-state index in [0.29, 0.717) is 11.2 Å². The van der Waals surface area contributed by atoms with Gasteiger partial charge in [0.2, 0.25) is 0 Å². The fraction of sp³-hybridized carbons (Fsp3) is 0.375. The molecule has 0 aliphatic carbocycles. The van der Waals surface area contributed by atoms with Crippen LogP contribution < -0.4 is 11.2 Å². The highest BCUT2D eigenvalue weighted by Crippen LogP contribution is 2.01. The van der Waals surface area contributed by atoms with E-state index in [0.717, 1.165) is 4.57 Å². The zero-order valence-electron chi connectivity index (χ0n) is 8.18. The molecule has 0 N–H and O–H groups in total. The average molecular weight is 196 g/mol. The van der Waals surface area contributed by atoms with E-state index >= 15 is 0 Å². The number of hydrogen-bond acceptors (Lipinski definition) is 3. The fourth-order valence-corrected chi connectivity index (χ4v) is 1.47. The van der Waals surface area contributed by atoms with E-state index in [1.54, 1.807) is 18.7 Å². The Kier molecular flexibility index (Phi) is 1.60. The maximum absolute atomic E-state index is 11.7. The molecule has 0 aliphatic heterocycles. The minimum Gasteiger partial charge on any atom is -0.328 e. The van der Waals surface area contributed by atoms with Gasteiger partial charge < -0.3 is 4.57 Å². The first kappa shape index (κ1) is 8.74. The quantitative estimate of drug-likeness (QED) is 0.541. The smallest absolute Gasteiger partial charge is 0.328 e. The number of rotatable bonds is 0. The highest BCUT2D eigenvalue weighted by molar-refractivity contribution is 5.69. The van der Waals surface area contributed by atoms with Crippen molar-refractivity contribution in [2.24, 2.45) is 21.1 Å². The number of aryl methyl sites for hydroxylation is 2. The Hall–Kier alpha value is -1.85. The summed E-state index contributed by atoms with van der Waals surface area (Å²) in [6.45, 7) is 0. The molecule has 0 fully saturated rings. The van der Waals surface area contributed by atoms with Crippen LogP contribution in [0.25, 0.3) is 11.2 Å². The van der Waals surface area contributed by atoms with Gasteiger partial charge in [0, 0.05) is 21.1 Å². The molecule has 0 unspecified atom stereocenters. The van der Waals surface area contributed by atoms with Crippen LogP contribution in [-0.4, -0.2) is 18.7 Å². The molecule has 14 heavy (non-hydrogen) atoms. The standard InChI is InChI=1S/C8H10N4O2/c1-10-4-9-6-5(10)7(13)12(3)8(14)11(6)2/h4H,1-3H3/i10+1,11+1. The average Bonchev–Trinajstić information content (AvgIpc) is 2.54. The molecule has 0 radical (unpaired) electrons.